The Balaban J connectivity index is 1.60. The van der Waals surface area contributed by atoms with E-state index in [9.17, 15) is 31.2 Å². The standard InChI is InChI=1S/C29H27F5N6O5S/c1-3-39(2)46(43,44)38-23-7-5-21(30)24(25(23)31)26(41)20-15-40(45-28(42)29(32,33)34)27-19(20)12-18(14-37-27)17-4-6-22(36-13-17)16-8-10-35-11-9-16/h4-7,12-16,35,38H,3,8-11H2,1-2H3. The van der Waals surface area contributed by atoms with Crippen LogP contribution in [0.3, 0.4) is 0 Å². The highest BCUT2D eigenvalue weighted by Gasteiger charge is 2.42. The lowest BCUT2D eigenvalue weighted by molar-refractivity contribution is -0.199. The number of fused-ring (bicyclic) bond motifs is 1. The molecule has 1 aliphatic rings. The van der Waals surface area contributed by atoms with Gasteiger partial charge in [0.05, 0.1) is 23.0 Å². The van der Waals surface area contributed by atoms with Crippen molar-refractivity contribution in [2.75, 3.05) is 31.4 Å². The van der Waals surface area contributed by atoms with Gasteiger partial charge in [0.15, 0.2) is 11.5 Å². The topological polar surface area (TPSA) is 136 Å². The summed E-state index contributed by atoms with van der Waals surface area (Å²) < 4.78 is 97.7. The molecule has 3 aromatic heterocycles. The van der Waals surface area contributed by atoms with Gasteiger partial charge in [-0.1, -0.05) is 13.0 Å². The molecule has 46 heavy (non-hydrogen) atoms. The second-order valence-corrected chi connectivity index (χ2v) is 12.2. The van der Waals surface area contributed by atoms with Gasteiger partial charge in [-0.05, 0) is 50.2 Å². The summed E-state index contributed by atoms with van der Waals surface area (Å²) in [4.78, 5) is 38.4. The van der Waals surface area contributed by atoms with E-state index in [0.717, 1.165) is 42.0 Å². The van der Waals surface area contributed by atoms with Gasteiger partial charge in [0.25, 0.3) is 0 Å². The predicted molar refractivity (Wildman–Crippen MR) is 156 cm³/mol. The minimum absolute atomic E-state index is 0.00568. The molecule has 0 aliphatic carbocycles. The number of pyridine rings is 2. The Hall–Kier alpha value is -4.48. The van der Waals surface area contributed by atoms with Crippen LogP contribution in [0.25, 0.3) is 22.2 Å². The Morgan fingerprint density at radius 1 is 1.09 bits per heavy atom. The van der Waals surface area contributed by atoms with Crippen molar-refractivity contribution >= 4 is 38.7 Å². The number of aromatic nitrogens is 3. The van der Waals surface area contributed by atoms with E-state index in [4.69, 9.17) is 0 Å². The van der Waals surface area contributed by atoms with E-state index in [-0.39, 0.29) is 22.6 Å². The summed E-state index contributed by atoms with van der Waals surface area (Å²) in [5, 5.41) is 3.06. The number of carbonyl (C=O) groups is 2. The minimum atomic E-state index is -5.42. The molecule has 0 atom stereocenters. The molecule has 1 aromatic carbocycles. The fourth-order valence-corrected chi connectivity index (χ4v) is 5.86. The average molecular weight is 667 g/mol. The molecule has 5 rings (SSSR count). The van der Waals surface area contributed by atoms with Gasteiger partial charge in [-0.15, -0.1) is 0 Å². The molecule has 244 valence electrons. The molecule has 1 fully saturated rings. The quantitative estimate of drug-likeness (QED) is 0.201. The van der Waals surface area contributed by atoms with E-state index in [1.54, 1.807) is 12.3 Å². The summed E-state index contributed by atoms with van der Waals surface area (Å²) >= 11 is 0. The molecule has 11 nitrogen and oxygen atoms in total. The second kappa shape index (κ2) is 12.7. The lowest BCUT2D eigenvalue weighted by Crippen LogP contribution is -2.33. The van der Waals surface area contributed by atoms with Crippen LogP contribution in [0.2, 0.25) is 0 Å². The van der Waals surface area contributed by atoms with Crippen molar-refractivity contribution in [3.05, 3.63) is 77.4 Å². The van der Waals surface area contributed by atoms with Crippen molar-refractivity contribution in [3.8, 4) is 11.1 Å². The first-order valence-electron chi connectivity index (χ1n) is 14.0. The number of nitrogens with one attached hydrogen (secondary N) is 2. The van der Waals surface area contributed by atoms with Gasteiger partial charge >= 0.3 is 22.4 Å². The van der Waals surface area contributed by atoms with Crippen LogP contribution in [0.15, 0.2) is 48.9 Å². The van der Waals surface area contributed by atoms with Crippen LogP contribution in [0, 0.1) is 11.6 Å². The summed E-state index contributed by atoms with van der Waals surface area (Å²) in [5.74, 6) is -6.73. The molecule has 17 heteroatoms. The first kappa shape index (κ1) is 32.9. The van der Waals surface area contributed by atoms with Crippen LogP contribution >= 0.6 is 0 Å². The Labute approximate surface area is 259 Å². The maximum Gasteiger partial charge on any atom is 0.493 e. The number of piperidine rings is 1. The molecule has 2 N–H and O–H groups in total. The Morgan fingerprint density at radius 3 is 2.41 bits per heavy atom. The van der Waals surface area contributed by atoms with Crippen molar-refractivity contribution < 1.29 is 44.8 Å². The summed E-state index contributed by atoms with van der Waals surface area (Å²) in [6.07, 6.45) is -0.160. The number of anilines is 1. The van der Waals surface area contributed by atoms with Crippen LogP contribution in [0.4, 0.5) is 27.6 Å². The summed E-state index contributed by atoms with van der Waals surface area (Å²) in [6, 6.07) is 6.33. The van der Waals surface area contributed by atoms with Gasteiger partial charge in [-0.25, -0.2) is 18.6 Å². The second-order valence-electron chi connectivity index (χ2n) is 10.5. The van der Waals surface area contributed by atoms with Crippen LogP contribution in [0.5, 0.6) is 0 Å². The molecule has 0 radical (unpaired) electrons. The number of hydrogen-bond acceptors (Lipinski definition) is 8. The van der Waals surface area contributed by atoms with Crippen molar-refractivity contribution in [1.29, 1.82) is 0 Å². The average Bonchev–Trinajstić information content (AvgIpc) is 3.39. The van der Waals surface area contributed by atoms with E-state index in [1.807, 2.05) is 10.8 Å². The maximum atomic E-state index is 15.6. The summed E-state index contributed by atoms with van der Waals surface area (Å²) in [7, 11) is -3.09. The molecule has 4 aromatic rings. The number of halogens is 5. The van der Waals surface area contributed by atoms with Crippen molar-refractivity contribution in [2.45, 2.75) is 31.9 Å². The fraction of sp³-hybridized carbons (Fsp3) is 0.310. The van der Waals surface area contributed by atoms with Gasteiger partial charge in [0.1, 0.15) is 5.82 Å². The molecule has 0 amide bonds. The number of carbonyl (C=O) groups excluding carboxylic acids is 2. The number of benzene rings is 1. The van der Waals surface area contributed by atoms with Crippen molar-refractivity contribution in [3.63, 3.8) is 0 Å². The zero-order chi connectivity index (χ0) is 33.4. The smallest absolute Gasteiger partial charge is 0.326 e. The SMILES string of the molecule is CCN(C)S(=O)(=O)Nc1ccc(F)c(C(=O)c2cn(OC(=O)C(F)(F)F)c3ncc(-c4ccc(C5CCNCC5)nc4)cc23)c1F. The summed E-state index contributed by atoms with van der Waals surface area (Å²) in [5.41, 5.74) is -1.26. The Morgan fingerprint density at radius 2 is 1.78 bits per heavy atom. The van der Waals surface area contributed by atoms with Crippen LogP contribution in [0.1, 0.15) is 47.3 Å². The number of alkyl halides is 3. The van der Waals surface area contributed by atoms with Gasteiger partial charge in [-0.3, -0.25) is 14.5 Å². The van der Waals surface area contributed by atoms with Gasteiger partial charge in [-0.2, -0.15) is 30.6 Å². The number of rotatable bonds is 9. The van der Waals surface area contributed by atoms with E-state index in [0.29, 0.717) is 23.4 Å². The molecule has 0 saturated carbocycles. The monoisotopic (exact) mass is 666 g/mol. The lowest BCUT2D eigenvalue weighted by atomic mass is 9.93. The molecule has 0 spiro atoms. The molecule has 1 aliphatic heterocycles. The molecule has 0 unspecified atom stereocenters. The molecule has 0 bridgehead atoms. The van der Waals surface area contributed by atoms with Gasteiger partial charge in [0, 0.05) is 54.1 Å². The highest BCUT2D eigenvalue weighted by atomic mass is 32.2. The van der Waals surface area contributed by atoms with Crippen LogP contribution in [-0.2, 0) is 15.0 Å². The molecule has 4 heterocycles. The number of hydrogen-bond donors (Lipinski definition) is 2. The third-order valence-corrected chi connectivity index (χ3v) is 9.12. The Kier molecular flexibility index (Phi) is 9.10. The predicted octanol–water partition coefficient (Wildman–Crippen LogP) is 4.20. The third kappa shape index (κ3) is 6.56. The van der Waals surface area contributed by atoms with E-state index in [2.05, 4.69) is 20.1 Å². The minimum Gasteiger partial charge on any atom is -0.326 e. The van der Waals surface area contributed by atoms with Crippen LogP contribution in [-0.4, -0.2) is 72.0 Å². The first-order chi connectivity index (χ1) is 21.7. The molecular formula is C29H27F5N6O5S. The Bertz CT molecular complexity index is 1910. The molecule has 1 saturated heterocycles. The zero-order valence-electron chi connectivity index (χ0n) is 24.4. The van der Waals surface area contributed by atoms with Crippen LogP contribution < -0.4 is 14.9 Å². The van der Waals surface area contributed by atoms with Gasteiger partial charge < -0.3 is 10.2 Å². The van der Waals surface area contributed by atoms with E-state index >= 15 is 8.78 Å². The lowest BCUT2D eigenvalue weighted by Gasteiger charge is -2.22. The van der Waals surface area contributed by atoms with Gasteiger partial charge in [0.2, 0.25) is 5.78 Å². The largest absolute Gasteiger partial charge is 0.493 e. The maximum absolute atomic E-state index is 15.6. The molecular weight excluding hydrogens is 639 g/mol. The highest BCUT2D eigenvalue weighted by Crippen LogP contribution is 2.32. The fourth-order valence-electron chi connectivity index (χ4n) is 4.92. The normalized spacial score (nSPS) is 14.5. The van der Waals surface area contributed by atoms with E-state index < -0.39 is 62.2 Å². The first-order valence-corrected chi connectivity index (χ1v) is 15.4. The van der Waals surface area contributed by atoms with Crippen molar-refractivity contribution in [1.82, 2.24) is 24.3 Å². The number of nitrogens with zero attached hydrogens (tertiary/aromatic N) is 4. The number of ketones is 1. The van der Waals surface area contributed by atoms with Crippen molar-refractivity contribution in [2.24, 2.45) is 0 Å². The highest BCUT2D eigenvalue weighted by molar-refractivity contribution is 7.90. The van der Waals surface area contributed by atoms with E-state index in [1.165, 1.54) is 26.2 Å². The zero-order valence-corrected chi connectivity index (χ0v) is 25.2. The summed E-state index contributed by atoms with van der Waals surface area (Å²) in [6.45, 7) is 3.23. The third-order valence-electron chi connectivity index (χ3n) is 7.56.